The van der Waals surface area contributed by atoms with Crippen molar-refractivity contribution < 1.29 is 9.53 Å². The molecule has 1 amide bonds. The molecule has 4 nitrogen and oxygen atoms in total. The van der Waals surface area contributed by atoms with Gasteiger partial charge in [-0.2, -0.15) is 0 Å². The summed E-state index contributed by atoms with van der Waals surface area (Å²) in [6, 6.07) is 10.2. The van der Waals surface area contributed by atoms with Crippen LogP contribution in [0.15, 0.2) is 55.1 Å². The highest BCUT2D eigenvalue weighted by Crippen LogP contribution is 2.14. The molecule has 0 fully saturated rings. The topological polar surface area (TPSA) is 32.8 Å². The Kier molecular flexibility index (Phi) is 4.13. The molecular weight excluding hydrogens is 252 g/mol. The molecule has 0 bridgehead atoms. The Hall–Kier alpha value is -2.23. The summed E-state index contributed by atoms with van der Waals surface area (Å²) in [5.74, 6) is 0. The van der Waals surface area contributed by atoms with Gasteiger partial charge in [0.25, 0.3) is 0 Å². The van der Waals surface area contributed by atoms with Crippen molar-refractivity contribution in [3.05, 3.63) is 60.7 Å². The fraction of sp³-hybridized carbons (Fsp3) is 0.312. The van der Waals surface area contributed by atoms with Gasteiger partial charge in [-0.1, -0.05) is 30.3 Å². The molecule has 2 rings (SSSR count). The van der Waals surface area contributed by atoms with Crippen LogP contribution >= 0.6 is 0 Å². The minimum absolute atomic E-state index is 0.371. The number of amides is 1. The Morgan fingerprint density at radius 1 is 1.05 bits per heavy atom. The highest BCUT2D eigenvalue weighted by atomic mass is 16.6. The van der Waals surface area contributed by atoms with Gasteiger partial charge in [0.2, 0.25) is 0 Å². The molecule has 1 aromatic carbocycles. The van der Waals surface area contributed by atoms with E-state index in [9.17, 15) is 4.79 Å². The largest absolute Gasteiger partial charge is 0.443 e. The van der Waals surface area contributed by atoms with E-state index in [1.54, 1.807) is 12.4 Å². The Bertz CT molecular complexity index is 501. The van der Waals surface area contributed by atoms with Gasteiger partial charge in [-0.05, 0) is 26.3 Å². The highest BCUT2D eigenvalue weighted by molar-refractivity contribution is 5.70. The molecule has 0 aromatic heterocycles. The number of ether oxygens (including phenoxy) is 1. The van der Waals surface area contributed by atoms with Gasteiger partial charge < -0.3 is 9.64 Å². The summed E-state index contributed by atoms with van der Waals surface area (Å²) in [5.41, 5.74) is 0.729. The van der Waals surface area contributed by atoms with Crippen LogP contribution in [0.5, 0.6) is 0 Å². The Morgan fingerprint density at radius 3 is 2.20 bits per heavy atom. The van der Waals surface area contributed by atoms with Crippen molar-refractivity contribution in [2.24, 2.45) is 0 Å². The zero-order chi connectivity index (χ0) is 14.6. The van der Waals surface area contributed by atoms with Crippen LogP contribution in [0.2, 0.25) is 0 Å². The van der Waals surface area contributed by atoms with E-state index in [2.05, 4.69) is 12.1 Å². The number of hydrogen-bond donors (Lipinski definition) is 0. The van der Waals surface area contributed by atoms with E-state index in [0.29, 0.717) is 0 Å². The van der Waals surface area contributed by atoms with Gasteiger partial charge in [0, 0.05) is 31.3 Å². The van der Waals surface area contributed by atoms with Crippen LogP contribution in [0.25, 0.3) is 0 Å². The number of carbonyl (C=O) groups excluding carboxylic acids is 1. The van der Waals surface area contributed by atoms with Gasteiger partial charge in [0.05, 0.1) is 0 Å². The summed E-state index contributed by atoms with van der Waals surface area (Å²) in [4.78, 5) is 15.3. The molecular formula is C16H20N2O2. The molecule has 1 heterocycles. The summed E-state index contributed by atoms with van der Waals surface area (Å²) in [6.45, 7) is 6.33. The molecule has 20 heavy (non-hydrogen) atoms. The van der Waals surface area contributed by atoms with Gasteiger partial charge in [0.15, 0.2) is 0 Å². The first kappa shape index (κ1) is 14.2. The summed E-state index contributed by atoms with van der Waals surface area (Å²) in [6.07, 6.45) is 6.76. The van der Waals surface area contributed by atoms with Gasteiger partial charge >= 0.3 is 6.09 Å². The number of rotatable bonds is 2. The monoisotopic (exact) mass is 272 g/mol. The molecule has 0 saturated carbocycles. The fourth-order valence-electron chi connectivity index (χ4n) is 1.75. The predicted molar refractivity (Wildman–Crippen MR) is 78.3 cm³/mol. The molecule has 0 radical (unpaired) electrons. The maximum Gasteiger partial charge on any atom is 0.418 e. The van der Waals surface area contributed by atoms with Crippen molar-refractivity contribution in [2.75, 3.05) is 0 Å². The lowest BCUT2D eigenvalue weighted by molar-refractivity contribution is 0.0393. The van der Waals surface area contributed by atoms with E-state index < -0.39 is 5.60 Å². The van der Waals surface area contributed by atoms with Crippen LogP contribution in [0.4, 0.5) is 4.79 Å². The summed E-state index contributed by atoms with van der Waals surface area (Å²) < 4.78 is 5.30. The maximum absolute atomic E-state index is 11.9. The second-order valence-electron chi connectivity index (χ2n) is 5.64. The Morgan fingerprint density at radius 2 is 1.65 bits per heavy atom. The van der Waals surface area contributed by atoms with Crippen molar-refractivity contribution in [1.29, 1.82) is 0 Å². The first-order valence-corrected chi connectivity index (χ1v) is 6.62. The molecule has 0 aliphatic carbocycles. The third-order valence-corrected chi connectivity index (χ3v) is 2.65. The summed E-state index contributed by atoms with van der Waals surface area (Å²) in [5, 5.41) is 0. The van der Waals surface area contributed by atoms with Crippen molar-refractivity contribution >= 4 is 6.09 Å². The lowest BCUT2D eigenvalue weighted by atomic mass is 10.2. The van der Waals surface area contributed by atoms with Crippen LogP contribution in [0.1, 0.15) is 26.3 Å². The second kappa shape index (κ2) is 5.82. The zero-order valence-corrected chi connectivity index (χ0v) is 12.1. The molecule has 1 aromatic rings. The smallest absolute Gasteiger partial charge is 0.418 e. The Balaban J connectivity index is 1.91. The van der Waals surface area contributed by atoms with Crippen LogP contribution in [0.3, 0.4) is 0 Å². The zero-order valence-electron chi connectivity index (χ0n) is 12.1. The van der Waals surface area contributed by atoms with Gasteiger partial charge in [-0.3, -0.25) is 4.90 Å². The third-order valence-electron chi connectivity index (χ3n) is 2.65. The fourth-order valence-corrected chi connectivity index (χ4v) is 1.75. The molecule has 0 unspecified atom stereocenters. The van der Waals surface area contributed by atoms with Crippen LogP contribution in [-0.4, -0.2) is 21.5 Å². The second-order valence-corrected chi connectivity index (χ2v) is 5.64. The van der Waals surface area contributed by atoms with Crippen LogP contribution in [0, 0.1) is 0 Å². The third kappa shape index (κ3) is 4.16. The average Bonchev–Trinajstić information content (AvgIpc) is 2.39. The minimum Gasteiger partial charge on any atom is -0.443 e. The highest BCUT2D eigenvalue weighted by Gasteiger charge is 2.20. The van der Waals surface area contributed by atoms with E-state index in [0.717, 1.165) is 6.54 Å². The molecule has 0 N–H and O–H groups in total. The molecule has 0 spiro atoms. The molecule has 106 valence electrons. The number of hydrogen-bond acceptors (Lipinski definition) is 3. The molecule has 4 heteroatoms. The van der Waals surface area contributed by atoms with Crippen LogP contribution < -0.4 is 0 Å². The number of carbonyl (C=O) groups is 1. The summed E-state index contributed by atoms with van der Waals surface area (Å²) in [7, 11) is 0. The first-order chi connectivity index (χ1) is 9.44. The molecule has 0 saturated heterocycles. The van der Waals surface area contributed by atoms with Gasteiger partial charge in [0.1, 0.15) is 5.60 Å². The maximum atomic E-state index is 11.9. The van der Waals surface area contributed by atoms with E-state index in [1.165, 1.54) is 10.5 Å². The Labute approximate surface area is 119 Å². The van der Waals surface area contributed by atoms with Gasteiger partial charge in [-0.15, -0.1) is 0 Å². The molecule has 0 atom stereocenters. The quantitative estimate of drug-likeness (QED) is 0.823. The number of benzene rings is 1. The lowest BCUT2D eigenvalue weighted by Crippen LogP contribution is -2.32. The molecule has 1 aliphatic rings. The SMILES string of the molecule is CC(C)(C)OC(=O)N1C=CN(Cc2ccccc2)C=C1. The van der Waals surface area contributed by atoms with Gasteiger partial charge in [-0.25, -0.2) is 4.79 Å². The van der Waals surface area contributed by atoms with Crippen LogP contribution in [-0.2, 0) is 11.3 Å². The van der Waals surface area contributed by atoms with E-state index in [1.807, 2.05) is 56.3 Å². The van der Waals surface area contributed by atoms with E-state index >= 15 is 0 Å². The normalized spacial score (nSPS) is 14.6. The molecule has 1 aliphatic heterocycles. The number of nitrogens with zero attached hydrogens (tertiary/aromatic N) is 2. The predicted octanol–water partition coefficient (Wildman–Crippen LogP) is 3.68. The van der Waals surface area contributed by atoms with E-state index in [4.69, 9.17) is 4.74 Å². The minimum atomic E-state index is -0.486. The first-order valence-electron chi connectivity index (χ1n) is 6.62. The van der Waals surface area contributed by atoms with Crippen molar-refractivity contribution in [2.45, 2.75) is 32.9 Å². The lowest BCUT2D eigenvalue weighted by Gasteiger charge is -2.26. The van der Waals surface area contributed by atoms with Crippen molar-refractivity contribution in [3.63, 3.8) is 0 Å². The standard InChI is InChI=1S/C16H20N2O2/c1-16(2,3)20-15(19)18-11-9-17(10-12-18)13-14-7-5-4-6-8-14/h4-12H,13H2,1-3H3. The van der Waals surface area contributed by atoms with Crippen molar-refractivity contribution in [3.8, 4) is 0 Å². The average molecular weight is 272 g/mol. The van der Waals surface area contributed by atoms with Crippen molar-refractivity contribution in [1.82, 2.24) is 9.80 Å². The summed E-state index contributed by atoms with van der Waals surface area (Å²) >= 11 is 0. The van der Waals surface area contributed by atoms with E-state index in [-0.39, 0.29) is 6.09 Å².